The van der Waals surface area contributed by atoms with Crippen molar-refractivity contribution >= 4 is 27.7 Å². The van der Waals surface area contributed by atoms with Gasteiger partial charge in [-0.2, -0.15) is 5.26 Å². The van der Waals surface area contributed by atoms with Gasteiger partial charge in [-0.3, -0.25) is 4.79 Å². The Kier molecular flexibility index (Phi) is 3.94. The summed E-state index contributed by atoms with van der Waals surface area (Å²) in [7, 11) is 0. The second kappa shape index (κ2) is 6.04. The molecule has 3 aromatic rings. The quantitative estimate of drug-likeness (QED) is 0.666. The Labute approximate surface area is 135 Å². The molecule has 0 saturated carbocycles. The molecule has 0 aliphatic rings. The molecule has 0 atom stereocenters. The minimum atomic E-state index is 0.229. The van der Waals surface area contributed by atoms with Gasteiger partial charge in [0.15, 0.2) is 6.29 Å². The maximum atomic E-state index is 11.1. The lowest BCUT2D eigenvalue weighted by Crippen LogP contribution is -1.98. The van der Waals surface area contributed by atoms with Gasteiger partial charge in [-0.25, -0.2) is 0 Å². The van der Waals surface area contributed by atoms with Gasteiger partial charge < -0.3 is 9.14 Å². The summed E-state index contributed by atoms with van der Waals surface area (Å²) in [5, 5.41) is 9.36. The van der Waals surface area contributed by atoms with E-state index in [4.69, 9.17) is 4.74 Å². The highest BCUT2D eigenvalue weighted by atomic mass is 79.9. The zero-order chi connectivity index (χ0) is 15.5. The Balaban J connectivity index is 1.92. The molecule has 108 valence electrons. The smallest absolute Gasteiger partial charge is 0.153 e. The van der Waals surface area contributed by atoms with Crippen molar-refractivity contribution in [1.29, 1.82) is 5.26 Å². The summed E-state index contributed by atoms with van der Waals surface area (Å²) < 4.78 is 8.43. The average Bonchev–Trinajstić information content (AvgIpc) is 2.91. The van der Waals surface area contributed by atoms with Crippen LogP contribution in [0.2, 0.25) is 0 Å². The van der Waals surface area contributed by atoms with E-state index in [0.29, 0.717) is 16.9 Å². The molecular formula is C17H11BrN2O2. The summed E-state index contributed by atoms with van der Waals surface area (Å²) in [6.45, 7) is 0.229. The molecule has 0 N–H and O–H groups in total. The number of pyridine rings is 1. The third kappa shape index (κ3) is 2.61. The normalized spacial score (nSPS) is 10.4. The Bertz CT molecular complexity index is 893. The predicted octanol–water partition coefficient (Wildman–Crippen LogP) is 3.96. The van der Waals surface area contributed by atoms with E-state index < -0.39 is 0 Å². The van der Waals surface area contributed by atoms with Crippen LogP contribution in [0.5, 0.6) is 5.75 Å². The molecule has 0 fully saturated rings. The highest BCUT2D eigenvalue weighted by Gasteiger charge is 2.11. The molecule has 0 bridgehead atoms. The van der Waals surface area contributed by atoms with Crippen LogP contribution < -0.4 is 4.74 Å². The molecule has 1 aromatic carbocycles. The number of nitriles is 1. The summed E-state index contributed by atoms with van der Waals surface area (Å²) in [6, 6.07) is 13.1. The number of carbonyl (C=O) groups excluding carboxylic acids is 1. The van der Waals surface area contributed by atoms with Crippen molar-refractivity contribution in [3.8, 4) is 11.8 Å². The van der Waals surface area contributed by atoms with Crippen LogP contribution in [0.1, 0.15) is 21.5 Å². The minimum absolute atomic E-state index is 0.229. The average molecular weight is 355 g/mol. The minimum Gasteiger partial charge on any atom is -0.488 e. The van der Waals surface area contributed by atoms with Crippen LogP contribution in [0.15, 0.2) is 53.3 Å². The molecule has 3 rings (SSSR count). The van der Waals surface area contributed by atoms with Crippen LogP contribution in [0.4, 0.5) is 0 Å². The number of rotatable bonds is 4. The molecule has 5 heteroatoms. The molecule has 0 spiro atoms. The van der Waals surface area contributed by atoms with E-state index in [9.17, 15) is 10.1 Å². The molecule has 0 unspecified atom stereocenters. The van der Waals surface area contributed by atoms with Gasteiger partial charge in [-0.15, -0.1) is 0 Å². The zero-order valence-electron chi connectivity index (χ0n) is 11.5. The first-order chi connectivity index (χ1) is 10.7. The van der Waals surface area contributed by atoms with Crippen molar-refractivity contribution in [3.63, 3.8) is 0 Å². The fourth-order valence-corrected chi connectivity index (χ4v) is 2.69. The van der Waals surface area contributed by atoms with Gasteiger partial charge in [-0.05, 0) is 30.3 Å². The van der Waals surface area contributed by atoms with Crippen molar-refractivity contribution in [1.82, 2.24) is 4.40 Å². The Morgan fingerprint density at radius 1 is 1.32 bits per heavy atom. The monoisotopic (exact) mass is 354 g/mol. The number of hydrogen-bond donors (Lipinski definition) is 0. The van der Waals surface area contributed by atoms with Crippen LogP contribution in [0.25, 0.3) is 5.52 Å². The zero-order valence-corrected chi connectivity index (χ0v) is 13.1. The largest absolute Gasteiger partial charge is 0.488 e. The van der Waals surface area contributed by atoms with E-state index >= 15 is 0 Å². The van der Waals surface area contributed by atoms with Gasteiger partial charge in [-0.1, -0.05) is 22.0 Å². The number of hydrogen-bond acceptors (Lipinski definition) is 3. The fraction of sp³-hybridized carbons (Fsp3) is 0.0588. The van der Waals surface area contributed by atoms with Crippen molar-refractivity contribution in [2.45, 2.75) is 6.61 Å². The van der Waals surface area contributed by atoms with E-state index in [1.54, 1.807) is 12.1 Å². The van der Waals surface area contributed by atoms with Crippen molar-refractivity contribution < 1.29 is 9.53 Å². The van der Waals surface area contributed by atoms with Crippen LogP contribution >= 0.6 is 15.9 Å². The second-order valence-electron chi connectivity index (χ2n) is 4.72. The van der Waals surface area contributed by atoms with E-state index in [0.717, 1.165) is 21.8 Å². The number of aldehydes is 1. The van der Waals surface area contributed by atoms with E-state index in [1.807, 2.05) is 41.1 Å². The van der Waals surface area contributed by atoms with Gasteiger partial charge in [0.2, 0.25) is 0 Å². The first-order valence-electron chi connectivity index (χ1n) is 6.59. The standard InChI is InChI=1S/C17H11BrN2O2/c18-14-4-5-17(12(7-14)10-21)22-11-13-9-20-6-2-1-3-16(20)15(13)8-19/h1-7,9-10H,11H2. The lowest BCUT2D eigenvalue weighted by atomic mass is 10.2. The molecule has 22 heavy (non-hydrogen) atoms. The molecular weight excluding hydrogens is 344 g/mol. The second-order valence-corrected chi connectivity index (χ2v) is 5.64. The van der Waals surface area contributed by atoms with Crippen molar-refractivity contribution in [3.05, 3.63) is 70.0 Å². The summed E-state index contributed by atoms with van der Waals surface area (Å²) in [5.41, 5.74) is 2.69. The molecule has 2 aromatic heterocycles. The highest BCUT2D eigenvalue weighted by molar-refractivity contribution is 9.10. The first-order valence-corrected chi connectivity index (χ1v) is 7.38. The van der Waals surface area contributed by atoms with Crippen LogP contribution in [-0.2, 0) is 6.61 Å². The Hall–Kier alpha value is -2.58. The van der Waals surface area contributed by atoms with Gasteiger partial charge in [0, 0.05) is 22.4 Å². The number of carbonyl (C=O) groups is 1. The molecule has 0 saturated heterocycles. The third-order valence-corrected chi connectivity index (χ3v) is 3.85. The number of ether oxygens (including phenoxy) is 1. The maximum absolute atomic E-state index is 11.1. The number of aromatic nitrogens is 1. The van der Waals surface area contributed by atoms with E-state index in [1.165, 1.54) is 0 Å². The third-order valence-electron chi connectivity index (χ3n) is 3.36. The van der Waals surface area contributed by atoms with Gasteiger partial charge in [0.1, 0.15) is 18.4 Å². The van der Waals surface area contributed by atoms with E-state index in [-0.39, 0.29) is 6.61 Å². The molecule has 4 nitrogen and oxygen atoms in total. The van der Waals surface area contributed by atoms with Crippen LogP contribution in [0.3, 0.4) is 0 Å². The number of nitrogens with zero attached hydrogens (tertiary/aromatic N) is 2. The highest BCUT2D eigenvalue weighted by Crippen LogP contribution is 2.24. The molecule has 2 heterocycles. The molecule has 0 amide bonds. The summed E-state index contributed by atoms with van der Waals surface area (Å²) >= 11 is 3.32. The Morgan fingerprint density at radius 2 is 2.18 bits per heavy atom. The van der Waals surface area contributed by atoms with E-state index in [2.05, 4.69) is 22.0 Å². The Morgan fingerprint density at radius 3 is 2.95 bits per heavy atom. The molecule has 0 aliphatic carbocycles. The van der Waals surface area contributed by atoms with Crippen molar-refractivity contribution in [2.24, 2.45) is 0 Å². The SMILES string of the molecule is N#Cc1c(COc2ccc(Br)cc2C=O)cn2ccccc12. The number of fused-ring (bicyclic) bond motifs is 1. The lowest BCUT2D eigenvalue weighted by molar-refractivity contribution is 0.111. The summed E-state index contributed by atoms with van der Waals surface area (Å²) in [6.07, 6.45) is 4.50. The number of benzene rings is 1. The summed E-state index contributed by atoms with van der Waals surface area (Å²) in [4.78, 5) is 11.1. The van der Waals surface area contributed by atoms with Gasteiger partial charge in [0.25, 0.3) is 0 Å². The summed E-state index contributed by atoms with van der Waals surface area (Å²) in [5.74, 6) is 0.498. The van der Waals surface area contributed by atoms with Crippen molar-refractivity contribution in [2.75, 3.05) is 0 Å². The van der Waals surface area contributed by atoms with Gasteiger partial charge in [0.05, 0.1) is 16.6 Å². The number of halogens is 1. The molecule has 0 aliphatic heterocycles. The molecule has 0 radical (unpaired) electrons. The first kappa shape index (κ1) is 14.4. The topological polar surface area (TPSA) is 54.5 Å². The maximum Gasteiger partial charge on any atom is 0.153 e. The fourth-order valence-electron chi connectivity index (χ4n) is 2.31. The van der Waals surface area contributed by atoms with Gasteiger partial charge >= 0.3 is 0 Å². The lowest BCUT2D eigenvalue weighted by Gasteiger charge is -2.08. The van der Waals surface area contributed by atoms with Crippen LogP contribution in [-0.4, -0.2) is 10.7 Å². The van der Waals surface area contributed by atoms with Crippen LogP contribution in [0, 0.1) is 11.3 Å². The predicted molar refractivity (Wildman–Crippen MR) is 86.0 cm³/mol.